The van der Waals surface area contributed by atoms with Crippen molar-refractivity contribution in [1.82, 2.24) is 25.0 Å². The number of thiazole rings is 1. The van der Waals surface area contributed by atoms with Gasteiger partial charge in [0.1, 0.15) is 51.7 Å². The van der Waals surface area contributed by atoms with Crippen LogP contribution >= 0.6 is 46.3 Å². The van der Waals surface area contributed by atoms with E-state index in [0.29, 0.717) is 20.8 Å². The Bertz CT molecular complexity index is 1140. The van der Waals surface area contributed by atoms with Crippen molar-refractivity contribution in [2.24, 2.45) is 0 Å². The highest BCUT2D eigenvalue weighted by Crippen LogP contribution is 2.40. The van der Waals surface area contributed by atoms with Crippen LogP contribution in [0.15, 0.2) is 28.7 Å². The van der Waals surface area contributed by atoms with Crippen molar-refractivity contribution in [1.29, 1.82) is 5.26 Å². The molecule has 32 heavy (non-hydrogen) atoms. The molecule has 0 aromatic carbocycles. The molecule has 4 rings (SSSR count). The SMILES string of the molecule is CO[C@@H]1[C@@H](n2cc(-c3nc(Cl)cs3)nn2)[C@@H](O)[C@@H](CO)O[C@@H]1Sc1cnc(C#N)c(Cl)c1. The Morgan fingerprint density at radius 1 is 1.44 bits per heavy atom. The van der Waals surface area contributed by atoms with Gasteiger partial charge >= 0.3 is 0 Å². The molecule has 0 aliphatic carbocycles. The molecule has 3 aromatic heterocycles. The zero-order valence-corrected chi connectivity index (χ0v) is 19.5. The molecule has 0 unspecified atom stereocenters. The monoisotopic (exact) mass is 514 g/mol. The topological polar surface area (TPSA) is 139 Å². The molecule has 0 radical (unpaired) electrons. The predicted octanol–water partition coefficient (Wildman–Crippen LogP) is 2.40. The first kappa shape index (κ1) is 23.3. The van der Waals surface area contributed by atoms with Gasteiger partial charge in [-0.1, -0.05) is 40.2 Å². The fraction of sp³-hybridized carbons (Fsp3) is 0.389. The van der Waals surface area contributed by atoms with Gasteiger partial charge in [0.2, 0.25) is 0 Å². The number of aromatic nitrogens is 5. The van der Waals surface area contributed by atoms with Crippen molar-refractivity contribution in [2.75, 3.05) is 13.7 Å². The number of aliphatic hydroxyl groups is 2. The van der Waals surface area contributed by atoms with Gasteiger partial charge in [-0.2, -0.15) is 5.26 Å². The second kappa shape index (κ2) is 9.98. The summed E-state index contributed by atoms with van der Waals surface area (Å²) in [6, 6.07) is 2.79. The van der Waals surface area contributed by atoms with Crippen LogP contribution in [-0.4, -0.2) is 72.6 Å². The van der Waals surface area contributed by atoms with E-state index in [1.54, 1.807) is 17.6 Å². The molecule has 168 valence electrons. The first-order valence-corrected chi connectivity index (χ1v) is 11.7. The molecule has 2 N–H and O–H groups in total. The largest absolute Gasteiger partial charge is 0.394 e. The van der Waals surface area contributed by atoms with E-state index in [1.807, 2.05) is 6.07 Å². The van der Waals surface area contributed by atoms with Crippen molar-refractivity contribution < 1.29 is 19.7 Å². The molecule has 3 aromatic rings. The lowest BCUT2D eigenvalue weighted by Gasteiger charge is -2.43. The molecule has 4 heterocycles. The molecular formula is C18H16Cl2N6O4S2. The van der Waals surface area contributed by atoms with Crippen molar-refractivity contribution in [3.05, 3.63) is 39.7 Å². The van der Waals surface area contributed by atoms with E-state index in [9.17, 15) is 10.2 Å². The van der Waals surface area contributed by atoms with Crippen LogP contribution < -0.4 is 0 Å². The lowest BCUT2D eigenvalue weighted by molar-refractivity contribution is -0.186. The summed E-state index contributed by atoms with van der Waals surface area (Å²) >= 11 is 14.6. The van der Waals surface area contributed by atoms with Crippen LogP contribution in [0.25, 0.3) is 10.7 Å². The number of nitriles is 1. The third-order valence-electron chi connectivity index (χ3n) is 4.78. The molecule has 14 heteroatoms. The first-order valence-electron chi connectivity index (χ1n) is 9.17. The Morgan fingerprint density at radius 3 is 2.88 bits per heavy atom. The predicted molar refractivity (Wildman–Crippen MR) is 118 cm³/mol. The third kappa shape index (κ3) is 4.61. The average Bonchev–Trinajstić information content (AvgIpc) is 3.43. The quantitative estimate of drug-likeness (QED) is 0.503. The van der Waals surface area contributed by atoms with E-state index in [-0.39, 0.29) is 10.7 Å². The third-order valence-corrected chi connectivity index (χ3v) is 7.36. The zero-order valence-electron chi connectivity index (χ0n) is 16.4. The number of ether oxygens (including phenoxy) is 2. The highest BCUT2D eigenvalue weighted by atomic mass is 35.5. The van der Waals surface area contributed by atoms with E-state index in [1.165, 1.54) is 41.1 Å². The highest BCUT2D eigenvalue weighted by molar-refractivity contribution is 7.99. The maximum Gasteiger partial charge on any atom is 0.159 e. The Morgan fingerprint density at radius 2 is 2.25 bits per heavy atom. The van der Waals surface area contributed by atoms with Crippen molar-refractivity contribution >= 4 is 46.3 Å². The van der Waals surface area contributed by atoms with Gasteiger partial charge in [0.05, 0.1) is 17.8 Å². The number of halogens is 2. The summed E-state index contributed by atoms with van der Waals surface area (Å²) in [5.41, 5.74) is -0.0515. The second-order valence-corrected chi connectivity index (χ2v) is 9.52. The highest BCUT2D eigenvalue weighted by Gasteiger charge is 2.47. The van der Waals surface area contributed by atoms with Gasteiger partial charge in [0.25, 0.3) is 0 Å². The van der Waals surface area contributed by atoms with Crippen LogP contribution in [0.3, 0.4) is 0 Å². The fourth-order valence-electron chi connectivity index (χ4n) is 3.30. The number of thioether (sulfide) groups is 1. The number of hydrogen-bond donors (Lipinski definition) is 2. The van der Waals surface area contributed by atoms with Crippen molar-refractivity contribution in [2.45, 2.75) is 34.7 Å². The van der Waals surface area contributed by atoms with Crippen LogP contribution in [0.4, 0.5) is 0 Å². The van der Waals surface area contributed by atoms with Crippen LogP contribution in [0, 0.1) is 11.3 Å². The van der Waals surface area contributed by atoms with Gasteiger partial charge < -0.3 is 19.7 Å². The van der Waals surface area contributed by atoms with E-state index >= 15 is 0 Å². The molecule has 1 fully saturated rings. The van der Waals surface area contributed by atoms with Crippen LogP contribution in [-0.2, 0) is 9.47 Å². The Kier molecular flexibility index (Phi) is 7.28. The van der Waals surface area contributed by atoms with Crippen molar-refractivity contribution in [3.8, 4) is 16.8 Å². The summed E-state index contributed by atoms with van der Waals surface area (Å²) < 4.78 is 13.1. The Labute approximate surface area is 200 Å². The van der Waals surface area contributed by atoms with Gasteiger partial charge in [-0.05, 0) is 6.07 Å². The summed E-state index contributed by atoms with van der Waals surface area (Å²) in [6.45, 7) is -0.415. The summed E-state index contributed by atoms with van der Waals surface area (Å²) in [4.78, 5) is 8.84. The molecule has 0 bridgehead atoms. The molecular weight excluding hydrogens is 499 g/mol. The molecule has 0 amide bonds. The van der Waals surface area contributed by atoms with Crippen LogP contribution in [0.1, 0.15) is 11.7 Å². The summed E-state index contributed by atoms with van der Waals surface area (Å²) in [5.74, 6) is 0. The Hall–Kier alpha value is -1.82. The minimum Gasteiger partial charge on any atom is -0.394 e. The Balaban J connectivity index is 1.64. The number of pyridine rings is 1. The number of rotatable bonds is 6. The number of aliphatic hydroxyl groups excluding tert-OH is 2. The van der Waals surface area contributed by atoms with E-state index in [4.69, 9.17) is 37.9 Å². The number of methoxy groups -OCH3 is 1. The average molecular weight is 515 g/mol. The van der Waals surface area contributed by atoms with E-state index < -0.39 is 36.4 Å². The molecule has 10 nitrogen and oxygen atoms in total. The molecule has 1 aliphatic rings. The van der Waals surface area contributed by atoms with Crippen LogP contribution in [0.2, 0.25) is 10.2 Å². The fourth-order valence-corrected chi connectivity index (χ4v) is 5.64. The normalized spacial score (nSPS) is 25.6. The zero-order chi connectivity index (χ0) is 22.8. The number of nitrogens with zero attached hydrogens (tertiary/aromatic N) is 6. The van der Waals surface area contributed by atoms with E-state index in [0.717, 1.165) is 0 Å². The summed E-state index contributed by atoms with van der Waals surface area (Å²) in [7, 11) is 1.49. The van der Waals surface area contributed by atoms with Crippen LogP contribution in [0.5, 0.6) is 0 Å². The maximum atomic E-state index is 10.9. The van der Waals surface area contributed by atoms with Gasteiger partial charge in [-0.3, -0.25) is 0 Å². The second-order valence-electron chi connectivity index (χ2n) is 6.70. The lowest BCUT2D eigenvalue weighted by Crippen LogP contribution is -2.55. The molecule has 1 aliphatic heterocycles. The van der Waals surface area contributed by atoms with Gasteiger partial charge in [0.15, 0.2) is 5.69 Å². The minimum absolute atomic E-state index is 0.114. The molecule has 0 spiro atoms. The first-order chi connectivity index (χ1) is 15.4. The number of hydrogen-bond acceptors (Lipinski definition) is 11. The molecule has 1 saturated heterocycles. The summed E-state index contributed by atoms with van der Waals surface area (Å²) in [5, 5.41) is 40.8. The smallest absolute Gasteiger partial charge is 0.159 e. The molecule has 5 atom stereocenters. The van der Waals surface area contributed by atoms with Gasteiger partial charge in [-0.15, -0.1) is 16.4 Å². The summed E-state index contributed by atoms with van der Waals surface area (Å²) in [6.07, 6.45) is 0.434. The standard InChI is InChI=1S/C18H16Cl2N6O4S2/c1-29-16-14(26-5-11(24-25-26)17-23-13(20)7-31-17)15(28)12(6-27)30-18(16)32-8-2-9(19)10(3-21)22-4-8/h2,4-5,7,12,14-16,18,27-28H,6H2,1H3/t12-,14+,15+,16-,18-/m1/s1. The van der Waals surface area contributed by atoms with Crippen molar-refractivity contribution in [3.63, 3.8) is 0 Å². The lowest BCUT2D eigenvalue weighted by atomic mass is 9.97. The van der Waals surface area contributed by atoms with Gasteiger partial charge in [0, 0.05) is 23.6 Å². The maximum absolute atomic E-state index is 10.9. The molecule has 0 saturated carbocycles. The van der Waals surface area contributed by atoms with Gasteiger partial charge in [-0.25, -0.2) is 14.6 Å². The van der Waals surface area contributed by atoms with E-state index in [2.05, 4.69) is 20.3 Å². The minimum atomic E-state index is -1.13.